The van der Waals surface area contributed by atoms with Crippen molar-refractivity contribution in [2.75, 3.05) is 27.2 Å². The number of likely N-dealkylation sites (N-methyl/N-ethyl adjacent to an activating group) is 2. The van der Waals surface area contributed by atoms with E-state index in [4.69, 9.17) is 0 Å². The van der Waals surface area contributed by atoms with Crippen LogP contribution in [0.25, 0.3) is 0 Å². The largest absolute Gasteiger partial charge is 0.507 e. The minimum atomic E-state index is 0.386. The van der Waals surface area contributed by atoms with Crippen LogP contribution >= 0.6 is 0 Å². The van der Waals surface area contributed by atoms with E-state index >= 15 is 0 Å². The summed E-state index contributed by atoms with van der Waals surface area (Å²) in [4.78, 5) is 4.55. The number of hydrogen-bond donors (Lipinski definition) is 2. The maximum absolute atomic E-state index is 11.5. The summed E-state index contributed by atoms with van der Waals surface area (Å²) in [6.45, 7) is 2.91. The summed E-state index contributed by atoms with van der Waals surface area (Å²) in [6, 6.07) is 50.4. The van der Waals surface area contributed by atoms with Gasteiger partial charge in [-0.15, -0.1) is 0 Å². The summed E-state index contributed by atoms with van der Waals surface area (Å²) in [5.74, 6) is 0.772. The van der Waals surface area contributed by atoms with Crippen LogP contribution in [0.5, 0.6) is 11.5 Å². The van der Waals surface area contributed by atoms with E-state index in [1.165, 1.54) is 33.4 Å². The SMILES string of the molecule is CN(CCN(C)Cc1cc(Cc2ccccc2)cc(Cc2ccccc2)c1O)Cc1cc(Cc2ccccc2)cc(Cc2ccccc2)c1O. The van der Waals surface area contributed by atoms with E-state index in [-0.39, 0.29) is 0 Å². The molecule has 0 fully saturated rings. The molecule has 6 aromatic rings. The molecule has 0 aliphatic carbocycles. The number of phenolic OH excluding ortho intramolecular Hbond substituents is 2. The van der Waals surface area contributed by atoms with Gasteiger partial charge in [-0.1, -0.05) is 146 Å². The van der Waals surface area contributed by atoms with Crippen molar-refractivity contribution >= 4 is 0 Å². The Kier molecular flexibility index (Phi) is 11.8. The Bertz CT molecular complexity index is 1800. The molecule has 0 saturated heterocycles. The van der Waals surface area contributed by atoms with Gasteiger partial charge in [-0.05, 0) is 71.4 Å². The average Bonchev–Trinajstić information content (AvgIpc) is 3.13. The Hall–Kier alpha value is -5.16. The van der Waals surface area contributed by atoms with Crippen molar-refractivity contribution in [3.8, 4) is 11.5 Å². The average molecular weight is 661 g/mol. The van der Waals surface area contributed by atoms with Crippen LogP contribution in [-0.2, 0) is 38.8 Å². The van der Waals surface area contributed by atoms with Gasteiger partial charge in [0.25, 0.3) is 0 Å². The number of nitrogens with zero attached hydrogens (tertiary/aromatic N) is 2. The van der Waals surface area contributed by atoms with E-state index in [1.807, 2.05) is 24.3 Å². The second kappa shape index (κ2) is 17.0. The summed E-state index contributed by atoms with van der Waals surface area (Å²) in [5, 5.41) is 23.0. The van der Waals surface area contributed by atoms with E-state index in [2.05, 4.69) is 145 Å². The van der Waals surface area contributed by atoms with Crippen LogP contribution < -0.4 is 0 Å². The van der Waals surface area contributed by atoms with Crippen molar-refractivity contribution in [3.05, 3.63) is 201 Å². The molecule has 50 heavy (non-hydrogen) atoms. The Morgan fingerprint density at radius 2 is 0.640 bits per heavy atom. The summed E-state index contributed by atoms with van der Waals surface area (Å²) >= 11 is 0. The third-order valence-electron chi connectivity index (χ3n) is 9.38. The summed E-state index contributed by atoms with van der Waals surface area (Å²) in [6.07, 6.45) is 3.02. The van der Waals surface area contributed by atoms with Crippen molar-refractivity contribution in [2.45, 2.75) is 38.8 Å². The highest BCUT2D eigenvalue weighted by Gasteiger charge is 2.16. The number of phenols is 2. The van der Waals surface area contributed by atoms with Crippen LogP contribution in [0, 0.1) is 0 Å². The topological polar surface area (TPSA) is 46.9 Å². The number of hydrogen-bond acceptors (Lipinski definition) is 4. The van der Waals surface area contributed by atoms with Crippen molar-refractivity contribution < 1.29 is 10.2 Å². The minimum Gasteiger partial charge on any atom is -0.507 e. The van der Waals surface area contributed by atoms with Crippen LogP contribution in [0.4, 0.5) is 0 Å². The Morgan fingerprint density at radius 3 is 0.960 bits per heavy atom. The molecule has 2 N–H and O–H groups in total. The van der Waals surface area contributed by atoms with Crippen LogP contribution in [0.15, 0.2) is 146 Å². The molecule has 0 aliphatic rings. The molecular formula is C46H48N2O2. The maximum Gasteiger partial charge on any atom is 0.123 e. The fourth-order valence-electron chi connectivity index (χ4n) is 6.75. The molecule has 0 amide bonds. The fraction of sp³-hybridized carbons (Fsp3) is 0.217. The Balaban J connectivity index is 1.15. The zero-order chi connectivity index (χ0) is 34.7. The summed E-state index contributed by atoms with van der Waals surface area (Å²) < 4.78 is 0. The molecule has 0 radical (unpaired) electrons. The van der Waals surface area contributed by atoms with Crippen LogP contribution in [0.2, 0.25) is 0 Å². The smallest absolute Gasteiger partial charge is 0.123 e. The zero-order valence-electron chi connectivity index (χ0n) is 29.3. The van der Waals surface area contributed by atoms with Gasteiger partial charge < -0.3 is 20.0 Å². The van der Waals surface area contributed by atoms with Crippen molar-refractivity contribution in [3.63, 3.8) is 0 Å². The molecule has 0 aromatic heterocycles. The summed E-state index contributed by atoms with van der Waals surface area (Å²) in [5.41, 5.74) is 11.1. The zero-order valence-corrected chi connectivity index (χ0v) is 29.3. The predicted molar refractivity (Wildman–Crippen MR) is 206 cm³/mol. The lowest BCUT2D eigenvalue weighted by atomic mass is 9.95. The lowest BCUT2D eigenvalue weighted by molar-refractivity contribution is 0.243. The van der Waals surface area contributed by atoms with Crippen molar-refractivity contribution in [1.29, 1.82) is 0 Å². The first kappa shape index (κ1) is 34.7. The van der Waals surface area contributed by atoms with Gasteiger partial charge in [-0.25, -0.2) is 0 Å². The highest BCUT2D eigenvalue weighted by molar-refractivity contribution is 5.48. The highest BCUT2D eigenvalue weighted by Crippen LogP contribution is 2.31. The second-order valence-corrected chi connectivity index (χ2v) is 13.7. The third kappa shape index (κ3) is 9.72. The first-order valence-electron chi connectivity index (χ1n) is 17.6. The van der Waals surface area contributed by atoms with E-state index in [9.17, 15) is 10.2 Å². The van der Waals surface area contributed by atoms with Crippen molar-refractivity contribution in [1.82, 2.24) is 9.80 Å². The maximum atomic E-state index is 11.5. The Morgan fingerprint density at radius 1 is 0.360 bits per heavy atom. The van der Waals surface area contributed by atoms with Gasteiger partial charge in [0.1, 0.15) is 11.5 Å². The molecule has 254 valence electrons. The standard InChI is InChI=1S/C46H48N2O2/c1-47(33-43-31-39(25-35-15-7-3-8-16-35)29-41(45(43)49)27-37-19-11-5-12-20-37)23-24-48(2)34-44-32-40(26-36-17-9-4-10-18-36)30-42(46(44)50)28-38-21-13-6-14-22-38/h3-22,29-32,49-50H,23-28,33-34H2,1-2H3. The molecule has 0 aliphatic heterocycles. The molecule has 4 heteroatoms. The second-order valence-electron chi connectivity index (χ2n) is 13.7. The lowest BCUT2D eigenvalue weighted by Gasteiger charge is -2.24. The van der Waals surface area contributed by atoms with Gasteiger partial charge in [-0.2, -0.15) is 0 Å². The summed E-state index contributed by atoms with van der Waals surface area (Å²) in [7, 11) is 4.23. The van der Waals surface area contributed by atoms with E-state index in [0.29, 0.717) is 37.4 Å². The highest BCUT2D eigenvalue weighted by atomic mass is 16.3. The molecular weight excluding hydrogens is 613 g/mol. The molecule has 0 spiro atoms. The number of rotatable bonds is 15. The van der Waals surface area contributed by atoms with Crippen LogP contribution in [-0.4, -0.2) is 47.2 Å². The molecule has 6 rings (SSSR count). The number of benzene rings is 6. The van der Waals surface area contributed by atoms with Crippen LogP contribution in [0.1, 0.15) is 55.6 Å². The Labute approximate surface area is 297 Å². The minimum absolute atomic E-state index is 0.386. The van der Waals surface area contributed by atoms with Gasteiger partial charge in [0.15, 0.2) is 0 Å². The van der Waals surface area contributed by atoms with Crippen LogP contribution in [0.3, 0.4) is 0 Å². The molecule has 4 nitrogen and oxygen atoms in total. The quantitative estimate of drug-likeness (QED) is 0.115. The van der Waals surface area contributed by atoms with E-state index in [0.717, 1.165) is 48.2 Å². The van der Waals surface area contributed by atoms with E-state index in [1.54, 1.807) is 0 Å². The number of aromatic hydroxyl groups is 2. The molecule has 0 heterocycles. The van der Waals surface area contributed by atoms with Gasteiger partial charge in [0, 0.05) is 50.1 Å². The lowest BCUT2D eigenvalue weighted by Crippen LogP contribution is -2.30. The molecule has 0 bridgehead atoms. The first-order chi connectivity index (χ1) is 24.4. The molecule has 0 atom stereocenters. The van der Waals surface area contributed by atoms with Crippen molar-refractivity contribution in [2.24, 2.45) is 0 Å². The van der Waals surface area contributed by atoms with Gasteiger partial charge in [0.05, 0.1) is 0 Å². The fourth-order valence-corrected chi connectivity index (χ4v) is 6.75. The van der Waals surface area contributed by atoms with Gasteiger partial charge in [0.2, 0.25) is 0 Å². The predicted octanol–water partition coefficient (Wildman–Crippen LogP) is 9.02. The first-order valence-corrected chi connectivity index (χ1v) is 17.6. The normalized spacial score (nSPS) is 11.4. The monoisotopic (exact) mass is 660 g/mol. The van der Waals surface area contributed by atoms with Gasteiger partial charge >= 0.3 is 0 Å². The molecule has 0 saturated carbocycles. The van der Waals surface area contributed by atoms with Gasteiger partial charge in [-0.3, -0.25) is 0 Å². The molecule has 0 unspecified atom stereocenters. The third-order valence-corrected chi connectivity index (χ3v) is 9.38. The van der Waals surface area contributed by atoms with E-state index < -0.39 is 0 Å². The molecule has 6 aromatic carbocycles.